The van der Waals surface area contributed by atoms with Gasteiger partial charge in [0.25, 0.3) is 0 Å². The minimum atomic E-state index is -2.80. The normalized spacial score (nSPS) is 10.6. The molecule has 0 bridgehead atoms. The Morgan fingerprint density at radius 3 is 1.25 bits per heavy atom. The molecule has 4 rings (SSSR count). The first-order chi connectivity index (χ1) is 13.8. The van der Waals surface area contributed by atoms with Gasteiger partial charge in [0.05, 0.1) is 0 Å². The molecule has 0 aliphatic rings. The lowest BCUT2D eigenvalue weighted by Crippen LogP contribution is -1.93. The van der Waals surface area contributed by atoms with Crippen LogP contribution in [-0.2, 0) is 4.57 Å². The summed E-state index contributed by atoms with van der Waals surface area (Å²) in [5, 5.41) is 0. The van der Waals surface area contributed by atoms with E-state index in [0.717, 1.165) is 22.3 Å². The van der Waals surface area contributed by atoms with Crippen LogP contribution in [0.2, 0.25) is 0 Å². The lowest BCUT2D eigenvalue weighted by molar-refractivity contribution is 0.417. The SMILES string of the molecule is O=[PH](Oc1ccccc1-c1ccccc1)Oc1ccccc1-c1ccccc1. The van der Waals surface area contributed by atoms with E-state index in [-0.39, 0.29) is 0 Å². The third kappa shape index (κ3) is 4.16. The van der Waals surface area contributed by atoms with Crippen molar-refractivity contribution in [2.24, 2.45) is 0 Å². The van der Waals surface area contributed by atoms with Crippen LogP contribution in [-0.4, -0.2) is 0 Å². The lowest BCUT2D eigenvalue weighted by Gasteiger charge is -2.14. The van der Waals surface area contributed by atoms with Gasteiger partial charge >= 0.3 is 8.25 Å². The maximum atomic E-state index is 12.7. The zero-order valence-electron chi connectivity index (χ0n) is 15.1. The van der Waals surface area contributed by atoms with Crippen LogP contribution in [0.5, 0.6) is 11.5 Å². The third-order valence-electron chi connectivity index (χ3n) is 4.33. The second-order valence-corrected chi connectivity index (χ2v) is 7.09. The Morgan fingerprint density at radius 2 is 0.821 bits per heavy atom. The molecule has 4 aromatic rings. The molecule has 28 heavy (non-hydrogen) atoms. The van der Waals surface area contributed by atoms with Crippen LogP contribution >= 0.6 is 8.25 Å². The van der Waals surface area contributed by atoms with Gasteiger partial charge in [-0.3, -0.25) is 0 Å². The summed E-state index contributed by atoms with van der Waals surface area (Å²) in [4.78, 5) is 0. The van der Waals surface area contributed by atoms with Crippen molar-refractivity contribution in [2.45, 2.75) is 0 Å². The van der Waals surface area contributed by atoms with Crippen LogP contribution in [0, 0.1) is 0 Å². The van der Waals surface area contributed by atoms with Gasteiger partial charge in [-0.15, -0.1) is 0 Å². The molecule has 0 aliphatic heterocycles. The smallest absolute Gasteiger partial charge is 0.417 e. The van der Waals surface area contributed by atoms with E-state index in [2.05, 4.69) is 0 Å². The van der Waals surface area contributed by atoms with Crippen LogP contribution < -0.4 is 9.05 Å². The first kappa shape index (κ1) is 18.1. The van der Waals surface area contributed by atoms with Crippen molar-refractivity contribution >= 4 is 8.25 Å². The third-order valence-corrected chi connectivity index (χ3v) is 5.10. The topological polar surface area (TPSA) is 35.5 Å². The maximum absolute atomic E-state index is 12.7. The molecule has 0 saturated heterocycles. The average Bonchev–Trinajstić information content (AvgIpc) is 2.76. The molecule has 0 aromatic heterocycles. The van der Waals surface area contributed by atoms with Gasteiger partial charge in [-0.2, -0.15) is 0 Å². The Morgan fingerprint density at radius 1 is 0.464 bits per heavy atom. The van der Waals surface area contributed by atoms with Crippen LogP contribution in [0.1, 0.15) is 0 Å². The fourth-order valence-corrected chi connectivity index (χ4v) is 3.78. The van der Waals surface area contributed by atoms with E-state index < -0.39 is 8.25 Å². The number of hydrogen-bond acceptors (Lipinski definition) is 3. The van der Waals surface area contributed by atoms with Crippen molar-refractivity contribution in [2.75, 3.05) is 0 Å². The van der Waals surface area contributed by atoms with E-state index in [4.69, 9.17) is 9.05 Å². The molecule has 0 radical (unpaired) electrons. The molecule has 0 heterocycles. The highest BCUT2D eigenvalue weighted by molar-refractivity contribution is 7.34. The van der Waals surface area contributed by atoms with Gasteiger partial charge in [-0.05, 0) is 23.3 Å². The minimum absolute atomic E-state index is 0.537. The first-order valence-electron chi connectivity index (χ1n) is 9.00. The summed E-state index contributed by atoms with van der Waals surface area (Å²) in [6.07, 6.45) is 0. The highest BCUT2D eigenvalue weighted by atomic mass is 31.1. The van der Waals surface area contributed by atoms with Gasteiger partial charge in [0.1, 0.15) is 11.5 Å². The van der Waals surface area contributed by atoms with Crippen LogP contribution in [0.3, 0.4) is 0 Å². The molecule has 138 valence electrons. The Bertz CT molecular complexity index is 992. The summed E-state index contributed by atoms with van der Waals surface area (Å²) in [6, 6.07) is 34.8. The van der Waals surface area contributed by atoms with Crippen molar-refractivity contribution in [3.05, 3.63) is 109 Å². The predicted molar refractivity (Wildman–Crippen MR) is 114 cm³/mol. The molecule has 0 saturated carbocycles. The van der Waals surface area contributed by atoms with Crippen LogP contribution in [0.15, 0.2) is 109 Å². The van der Waals surface area contributed by atoms with Crippen molar-refractivity contribution in [1.82, 2.24) is 0 Å². The summed E-state index contributed by atoms with van der Waals surface area (Å²) in [5.41, 5.74) is 3.75. The fraction of sp³-hybridized carbons (Fsp3) is 0. The van der Waals surface area contributed by atoms with E-state index in [1.165, 1.54) is 0 Å². The minimum Gasteiger partial charge on any atom is -0.417 e. The van der Waals surface area contributed by atoms with Gasteiger partial charge < -0.3 is 9.05 Å². The highest BCUT2D eigenvalue weighted by Crippen LogP contribution is 2.39. The number of hydrogen-bond donors (Lipinski definition) is 0. The summed E-state index contributed by atoms with van der Waals surface area (Å²) in [5.74, 6) is 1.07. The monoisotopic (exact) mass is 386 g/mol. The van der Waals surface area contributed by atoms with Gasteiger partial charge in [0, 0.05) is 11.1 Å². The van der Waals surface area contributed by atoms with Gasteiger partial charge in [-0.25, -0.2) is 4.57 Å². The second kappa shape index (κ2) is 8.60. The van der Waals surface area contributed by atoms with Crippen molar-refractivity contribution in [3.8, 4) is 33.8 Å². The summed E-state index contributed by atoms with van der Waals surface area (Å²) in [6.45, 7) is 0. The molecule has 4 heteroatoms. The van der Waals surface area contributed by atoms with Gasteiger partial charge in [-0.1, -0.05) is 97.1 Å². The lowest BCUT2D eigenvalue weighted by atomic mass is 10.1. The molecule has 0 amide bonds. The Hall–Kier alpha value is -3.29. The second-order valence-electron chi connectivity index (χ2n) is 6.18. The molecule has 0 N–H and O–H groups in total. The molecule has 4 aromatic carbocycles. The fourth-order valence-electron chi connectivity index (χ4n) is 3.02. The maximum Gasteiger partial charge on any atom is 0.419 e. The van der Waals surface area contributed by atoms with E-state index in [1.807, 2.05) is 97.1 Å². The number of rotatable bonds is 6. The van der Waals surface area contributed by atoms with E-state index in [9.17, 15) is 4.57 Å². The average molecular weight is 386 g/mol. The predicted octanol–water partition coefficient (Wildman–Crippen LogP) is 6.87. The molecule has 3 nitrogen and oxygen atoms in total. The Balaban J connectivity index is 1.58. The number of benzene rings is 4. The molecular weight excluding hydrogens is 367 g/mol. The summed E-state index contributed by atoms with van der Waals surface area (Å²) < 4.78 is 24.1. The molecule has 0 aliphatic carbocycles. The first-order valence-corrected chi connectivity index (χ1v) is 10.2. The van der Waals surface area contributed by atoms with Crippen LogP contribution in [0.25, 0.3) is 22.3 Å². The summed E-state index contributed by atoms with van der Waals surface area (Å²) in [7, 11) is -2.80. The van der Waals surface area contributed by atoms with Crippen LogP contribution in [0.4, 0.5) is 0 Å². The van der Waals surface area contributed by atoms with Crippen molar-refractivity contribution < 1.29 is 13.6 Å². The quantitative estimate of drug-likeness (QED) is 0.339. The van der Waals surface area contributed by atoms with Gasteiger partial charge in [0.2, 0.25) is 0 Å². The highest BCUT2D eigenvalue weighted by Gasteiger charge is 2.12. The van der Waals surface area contributed by atoms with Gasteiger partial charge in [0.15, 0.2) is 0 Å². The van der Waals surface area contributed by atoms with Crippen molar-refractivity contribution in [3.63, 3.8) is 0 Å². The molecular formula is C24H19O3P. The van der Waals surface area contributed by atoms with E-state index in [1.54, 1.807) is 12.1 Å². The molecule has 0 atom stereocenters. The van der Waals surface area contributed by atoms with Crippen molar-refractivity contribution in [1.29, 1.82) is 0 Å². The zero-order chi connectivity index (χ0) is 19.2. The Labute approximate surface area is 165 Å². The van der Waals surface area contributed by atoms with E-state index >= 15 is 0 Å². The zero-order valence-corrected chi connectivity index (χ0v) is 16.1. The molecule has 0 spiro atoms. The molecule has 0 fully saturated rings. The number of para-hydroxylation sites is 2. The largest absolute Gasteiger partial charge is 0.419 e. The summed E-state index contributed by atoms with van der Waals surface area (Å²) >= 11 is 0. The standard InChI is InChI=1S/C24H19O3P/c25-28(26-23-17-9-7-15-21(23)19-11-3-1-4-12-19)27-24-18-10-8-16-22(24)20-13-5-2-6-14-20/h1-18,28H. The Kier molecular flexibility index (Phi) is 5.56. The van der Waals surface area contributed by atoms with E-state index in [0.29, 0.717) is 11.5 Å². The molecule has 0 unspecified atom stereocenters.